The van der Waals surface area contributed by atoms with Crippen LogP contribution in [0.5, 0.6) is 0 Å². The first-order valence-corrected chi connectivity index (χ1v) is 5.84. The Morgan fingerprint density at radius 3 is 2.25 bits per heavy atom. The van der Waals surface area contributed by atoms with Crippen LogP contribution in [0.15, 0.2) is 24.3 Å². The predicted octanol–water partition coefficient (Wildman–Crippen LogP) is 1.40. The highest BCUT2D eigenvalue weighted by molar-refractivity contribution is 5.89. The number of esters is 2. The summed E-state index contributed by atoms with van der Waals surface area (Å²) in [6.45, 7) is -0.382. The molecule has 0 N–H and O–H groups in total. The SMILES string of the molecule is COC(=O)CC(C[N+](=O)[O-])c1ccc(C(=O)OC)cc1. The van der Waals surface area contributed by atoms with E-state index in [9.17, 15) is 19.7 Å². The van der Waals surface area contributed by atoms with Crippen LogP contribution in [0.4, 0.5) is 0 Å². The maximum absolute atomic E-state index is 11.3. The van der Waals surface area contributed by atoms with E-state index in [1.807, 2.05) is 0 Å². The Labute approximate surface area is 115 Å². The highest BCUT2D eigenvalue weighted by Crippen LogP contribution is 2.21. The third-order valence-electron chi connectivity index (χ3n) is 2.81. The van der Waals surface area contributed by atoms with Gasteiger partial charge in [0.1, 0.15) is 0 Å². The molecule has 0 aliphatic rings. The third-order valence-corrected chi connectivity index (χ3v) is 2.81. The zero-order valence-electron chi connectivity index (χ0n) is 11.2. The average Bonchev–Trinajstić information content (AvgIpc) is 2.45. The summed E-state index contributed by atoms with van der Waals surface area (Å²) in [7, 11) is 2.49. The molecule has 0 radical (unpaired) electrons. The lowest BCUT2D eigenvalue weighted by molar-refractivity contribution is -0.483. The minimum atomic E-state index is -0.593. The molecule has 0 aromatic heterocycles. The number of ether oxygens (including phenoxy) is 2. The quantitative estimate of drug-likeness (QED) is 0.444. The van der Waals surface area contributed by atoms with Gasteiger partial charge in [-0.15, -0.1) is 0 Å². The summed E-state index contributed by atoms with van der Waals surface area (Å²) in [5.74, 6) is -1.60. The van der Waals surface area contributed by atoms with Crippen molar-refractivity contribution in [2.75, 3.05) is 20.8 Å². The van der Waals surface area contributed by atoms with Crippen LogP contribution in [0.2, 0.25) is 0 Å². The van der Waals surface area contributed by atoms with Crippen molar-refractivity contribution < 1.29 is 24.0 Å². The second kappa shape index (κ2) is 7.22. The monoisotopic (exact) mass is 281 g/mol. The maximum atomic E-state index is 11.3. The van der Waals surface area contributed by atoms with Crippen molar-refractivity contribution in [3.8, 4) is 0 Å². The summed E-state index contributed by atoms with van der Waals surface area (Å²) in [5.41, 5.74) is 0.939. The molecule has 20 heavy (non-hydrogen) atoms. The molecular weight excluding hydrogens is 266 g/mol. The predicted molar refractivity (Wildman–Crippen MR) is 69.0 cm³/mol. The Kier molecular flexibility index (Phi) is 5.64. The van der Waals surface area contributed by atoms with Gasteiger partial charge in [0, 0.05) is 4.92 Å². The fourth-order valence-corrected chi connectivity index (χ4v) is 1.76. The van der Waals surface area contributed by atoms with Gasteiger partial charge in [-0.2, -0.15) is 0 Å². The topological polar surface area (TPSA) is 95.7 Å². The van der Waals surface area contributed by atoms with E-state index >= 15 is 0 Å². The molecule has 0 aliphatic carbocycles. The normalized spacial score (nSPS) is 11.5. The first-order chi connectivity index (χ1) is 9.47. The Hall–Kier alpha value is -2.44. The van der Waals surface area contributed by atoms with Crippen LogP contribution in [0.1, 0.15) is 28.3 Å². The van der Waals surface area contributed by atoms with E-state index < -0.39 is 22.8 Å². The number of benzene rings is 1. The number of carbonyl (C=O) groups is 2. The Balaban J connectivity index is 2.92. The van der Waals surface area contributed by atoms with Crippen molar-refractivity contribution in [1.82, 2.24) is 0 Å². The molecule has 7 heteroatoms. The molecule has 0 saturated carbocycles. The van der Waals surface area contributed by atoms with Gasteiger partial charge in [0.2, 0.25) is 6.54 Å². The summed E-state index contributed by atoms with van der Waals surface area (Å²) >= 11 is 0. The molecule has 0 fully saturated rings. The van der Waals surface area contributed by atoms with E-state index in [0.29, 0.717) is 11.1 Å². The average molecular weight is 281 g/mol. The van der Waals surface area contributed by atoms with E-state index in [1.54, 1.807) is 12.1 Å². The van der Waals surface area contributed by atoms with Crippen molar-refractivity contribution >= 4 is 11.9 Å². The molecule has 1 rings (SSSR count). The van der Waals surface area contributed by atoms with Gasteiger partial charge in [0.05, 0.1) is 32.1 Å². The molecule has 108 valence electrons. The maximum Gasteiger partial charge on any atom is 0.337 e. The third kappa shape index (κ3) is 4.34. The van der Waals surface area contributed by atoms with Gasteiger partial charge in [-0.05, 0) is 17.7 Å². The molecule has 1 aromatic carbocycles. The fourth-order valence-electron chi connectivity index (χ4n) is 1.76. The Bertz CT molecular complexity index is 496. The first kappa shape index (κ1) is 15.6. The molecule has 1 aromatic rings. The molecule has 0 amide bonds. The minimum absolute atomic E-state index is 0.0882. The molecule has 0 spiro atoms. The lowest BCUT2D eigenvalue weighted by atomic mass is 9.95. The van der Waals surface area contributed by atoms with Gasteiger partial charge in [-0.1, -0.05) is 12.1 Å². The number of rotatable bonds is 6. The van der Waals surface area contributed by atoms with Crippen LogP contribution >= 0.6 is 0 Å². The molecule has 1 atom stereocenters. The number of hydrogen-bond acceptors (Lipinski definition) is 6. The van der Waals surface area contributed by atoms with E-state index in [0.717, 1.165) is 0 Å². The van der Waals surface area contributed by atoms with Crippen LogP contribution in [0, 0.1) is 10.1 Å². The summed E-state index contributed by atoms with van der Waals surface area (Å²) in [4.78, 5) is 32.7. The largest absolute Gasteiger partial charge is 0.469 e. The van der Waals surface area contributed by atoms with E-state index in [1.165, 1.54) is 26.4 Å². The van der Waals surface area contributed by atoms with E-state index in [-0.39, 0.29) is 13.0 Å². The highest BCUT2D eigenvalue weighted by Gasteiger charge is 2.22. The number of nitrogens with zero attached hydrogens (tertiary/aromatic N) is 1. The molecule has 0 saturated heterocycles. The molecule has 0 bridgehead atoms. The zero-order chi connectivity index (χ0) is 15.1. The van der Waals surface area contributed by atoms with Crippen molar-refractivity contribution in [3.05, 3.63) is 45.5 Å². The second-order valence-electron chi connectivity index (χ2n) is 4.11. The van der Waals surface area contributed by atoms with Crippen molar-refractivity contribution in [1.29, 1.82) is 0 Å². The van der Waals surface area contributed by atoms with E-state index in [2.05, 4.69) is 9.47 Å². The van der Waals surface area contributed by atoms with Crippen LogP contribution in [-0.4, -0.2) is 37.6 Å². The molecular formula is C13H15NO6. The van der Waals surface area contributed by atoms with Gasteiger partial charge >= 0.3 is 11.9 Å². The van der Waals surface area contributed by atoms with Gasteiger partial charge in [0.25, 0.3) is 0 Å². The molecule has 0 heterocycles. The van der Waals surface area contributed by atoms with Gasteiger partial charge in [0.15, 0.2) is 0 Å². The van der Waals surface area contributed by atoms with E-state index in [4.69, 9.17) is 0 Å². The van der Waals surface area contributed by atoms with Gasteiger partial charge < -0.3 is 9.47 Å². The van der Waals surface area contributed by atoms with Gasteiger partial charge in [-0.25, -0.2) is 4.79 Å². The Morgan fingerprint density at radius 2 is 1.80 bits per heavy atom. The molecule has 1 unspecified atom stereocenters. The van der Waals surface area contributed by atoms with Crippen molar-refractivity contribution in [2.24, 2.45) is 0 Å². The van der Waals surface area contributed by atoms with Gasteiger partial charge in [-0.3, -0.25) is 14.9 Å². The second-order valence-corrected chi connectivity index (χ2v) is 4.11. The highest BCUT2D eigenvalue weighted by atomic mass is 16.6. The molecule has 7 nitrogen and oxygen atoms in total. The van der Waals surface area contributed by atoms with Crippen LogP contribution in [0.25, 0.3) is 0 Å². The number of nitro groups is 1. The smallest absolute Gasteiger partial charge is 0.337 e. The van der Waals surface area contributed by atoms with Crippen molar-refractivity contribution in [2.45, 2.75) is 12.3 Å². The van der Waals surface area contributed by atoms with Crippen LogP contribution in [-0.2, 0) is 14.3 Å². The summed E-state index contributed by atoms with van der Waals surface area (Å²) < 4.78 is 9.09. The standard InChI is InChI=1S/C13H15NO6/c1-19-12(15)7-11(8-14(17)18)9-3-5-10(6-4-9)13(16)20-2/h3-6,11H,7-8H2,1-2H3. The summed E-state index contributed by atoms with van der Waals surface area (Å²) in [5, 5.41) is 10.7. The fraction of sp³-hybridized carbons (Fsp3) is 0.385. The zero-order valence-corrected chi connectivity index (χ0v) is 11.2. The number of methoxy groups -OCH3 is 2. The minimum Gasteiger partial charge on any atom is -0.469 e. The number of carbonyl (C=O) groups excluding carboxylic acids is 2. The van der Waals surface area contributed by atoms with Crippen molar-refractivity contribution in [3.63, 3.8) is 0 Å². The first-order valence-electron chi connectivity index (χ1n) is 5.84. The summed E-state index contributed by atoms with van der Waals surface area (Å²) in [6, 6.07) is 6.16. The molecule has 0 aliphatic heterocycles. The van der Waals surface area contributed by atoms with Crippen LogP contribution < -0.4 is 0 Å². The van der Waals surface area contributed by atoms with Crippen LogP contribution in [0.3, 0.4) is 0 Å². The lowest BCUT2D eigenvalue weighted by Crippen LogP contribution is -2.17. The summed E-state index contributed by atoms with van der Waals surface area (Å²) in [6.07, 6.45) is -0.0882. The Morgan fingerprint density at radius 1 is 1.20 bits per heavy atom. The number of hydrogen-bond donors (Lipinski definition) is 0. The lowest BCUT2D eigenvalue weighted by Gasteiger charge is -2.12.